The van der Waals surface area contributed by atoms with Crippen LogP contribution in [0.1, 0.15) is 28.1 Å². The molecule has 21 heavy (non-hydrogen) atoms. The Morgan fingerprint density at radius 1 is 1.38 bits per heavy atom. The quantitative estimate of drug-likeness (QED) is 0.652. The maximum absolute atomic E-state index is 4.57. The molecule has 2 N–H and O–H groups in total. The van der Waals surface area contributed by atoms with Crippen molar-refractivity contribution in [2.75, 3.05) is 6.54 Å². The number of thiazole rings is 1. The molecule has 0 unspecified atom stereocenters. The van der Waals surface area contributed by atoms with Gasteiger partial charge in [0.1, 0.15) is 0 Å². The second-order valence-electron chi connectivity index (χ2n) is 4.81. The van der Waals surface area contributed by atoms with Crippen LogP contribution in [-0.2, 0) is 20.1 Å². The summed E-state index contributed by atoms with van der Waals surface area (Å²) in [5.74, 6) is 0.812. The fourth-order valence-corrected chi connectivity index (χ4v) is 2.84. The Morgan fingerprint density at radius 3 is 2.76 bits per heavy atom. The Bertz CT molecular complexity index is 613. The molecular weight excluding hydrogens is 284 g/mol. The van der Waals surface area contributed by atoms with Crippen LogP contribution >= 0.6 is 11.3 Å². The third-order valence-corrected chi connectivity index (χ3v) is 4.01. The van der Waals surface area contributed by atoms with Crippen LogP contribution < -0.4 is 10.6 Å². The van der Waals surface area contributed by atoms with E-state index in [9.17, 15) is 0 Å². The predicted octanol–water partition coefficient (Wildman–Crippen LogP) is 1.75. The molecule has 0 aliphatic heterocycles. The van der Waals surface area contributed by atoms with E-state index in [2.05, 4.69) is 32.6 Å². The van der Waals surface area contributed by atoms with Gasteiger partial charge in [-0.3, -0.25) is 4.68 Å². The lowest BCUT2D eigenvalue weighted by atomic mass is 10.4. The van der Waals surface area contributed by atoms with Crippen LogP contribution in [0.15, 0.2) is 17.4 Å². The van der Waals surface area contributed by atoms with Crippen LogP contribution in [0.5, 0.6) is 0 Å². The van der Waals surface area contributed by atoms with Gasteiger partial charge in [-0.25, -0.2) is 9.98 Å². The zero-order valence-electron chi connectivity index (χ0n) is 13.0. The van der Waals surface area contributed by atoms with Gasteiger partial charge >= 0.3 is 0 Å². The zero-order valence-corrected chi connectivity index (χ0v) is 13.8. The third-order valence-electron chi connectivity index (χ3n) is 2.94. The Morgan fingerprint density at radius 2 is 2.19 bits per heavy atom. The van der Waals surface area contributed by atoms with Crippen molar-refractivity contribution in [3.63, 3.8) is 0 Å². The molecule has 0 spiro atoms. The van der Waals surface area contributed by atoms with Crippen LogP contribution in [0.3, 0.4) is 0 Å². The summed E-state index contributed by atoms with van der Waals surface area (Å²) in [6.07, 6.45) is 3.81. The zero-order chi connectivity index (χ0) is 15.2. The Kier molecular flexibility index (Phi) is 5.32. The summed E-state index contributed by atoms with van der Waals surface area (Å²) in [7, 11) is 1.91. The van der Waals surface area contributed by atoms with Gasteiger partial charge in [-0.1, -0.05) is 0 Å². The molecule has 0 radical (unpaired) electrons. The van der Waals surface area contributed by atoms with Crippen molar-refractivity contribution in [1.82, 2.24) is 25.4 Å². The second kappa shape index (κ2) is 7.21. The fourth-order valence-electron chi connectivity index (χ4n) is 1.97. The standard InChI is InChI=1S/C14H22N6S/c1-5-15-14(16-6-12-7-18-20(4)9-12)17-8-13-10(2)19-11(3)21-13/h7,9H,5-6,8H2,1-4H3,(H2,15,16,17). The van der Waals surface area contributed by atoms with Crippen LogP contribution in [0, 0.1) is 13.8 Å². The van der Waals surface area contributed by atoms with Crippen LogP contribution in [0.2, 0.25) is 0 Å². The summed E-state index contributed by atoms with van der Waals surface area (Å²) >= 11 is 1.72. The van der Waals surface area contributed by atoms with Crippen LogP contribution in [-0.4, -0.2) is 27.3 Å². The monoisotopic (exact) mass is 306 g/mol. The van der Waals surface area contributed by atoms with E-state index in [1.165, 1.54) is 4.88 Å². The summed E-state index contributed by atoms with van der Waals surface area (Å²) in [6, 6.07) is 0. The largest absolute Gasteiger partial charge is 0.357 e. The number of nitrogens with one attached hydrogen (secondary N) is 2. The van der Waals surface area contributed by atoms with E-state index in [1.54, 1.807) is 16.0 Å². The SMILES string of the molecule is CCNC(=NCc1cnn(C)c1)NCc1sc(C)nc1C. The predicted molar refractivity (Wildman–Crippen MR) is 86.5 cm³/mol. The van der Waals surface area contributed by atoms with Crippen LogP contribution in [0.25, 0.3) is 0 Å². The molecule has 7 heteroatoms. The maximum Gasteiger partial charge on any atom is 0.191 e. The molecule has 0 aliphatic rings. The van der Waals surface area contributed by atoms with E-state index in [4.69, 9.17) is 0 Å². The molecule has 0 fully saturated rings. The highest BCUT2D eigenvalue weighted by atomic mass is 32.1. The van der Waals surface area contributed by atoms with Crippen molar-refractivity contribution >= 4 is 17.3 Å². The molecule has 0 bridgehead atoms. The molecule has 114 valence electrons. The number of aryl methyl sites for hydroxylation is 3. The van der Waals surface area contributed by atoms with E-state index < -0.39 is 0 Å². The molecule has 0 aliphatic carbocycles. The van der Waals surface area contributed by atoms with Gasteiger partial charge in [-0.2, -0.15) is 5.10 Å². The lowest BCUT2D eigenvalue weighted by Crippen LogP contribution is -2.36. The van der Waals surface area contributed by atoms with Gasteiger partial charge in [0.25, 0.3) is 0 Å². The highest BCUT2D eigenvalue weighted by Gasteiger charge is 2.06. The Hall–Kier alpha value is -1.89. The van der Waals surface area contributed by atoms with Crippen molar-refractivity contribution in [3.05, 3.63) is 33.5 Å². The summed E-state index contributed by atoms with van der Waals surface area (Å²) < 4.78 is 1.79. The van der Waals surface area contributed by atoms with E-state index in [0.717, 1.165) is 35.3 Å². The van der Waals surface area contributed by atoms with Crippen molar-refractivity contribution in [3.8, 4) is 0 Å². The first-order chi connectivity index (χ1) is 10.1. The molecule has 0 atom stereocenters. The molecule has 2 heterocycles. The number of aromatic nitrogens is 3. The minimum Gasteiger partial charge on any atom is -0.357 e. The maximum atomic E-state index is 4.57. The summed E-state index contributed by atoms with van der Waals surface area (Å²) in [5.41, 5.74) is 2.19. The molecule has 2 aromatic heterocycles. The molecule has 0 saturated heterocycles. The fraction of sp³-hybridized carbons (Fsp3) is 0.500. The average Bonchev–Trinajstić information content (AvgIpc) is 2.99. The minimum atomic E-state index is 0.615. The highest BCUT2D eigenvalue weighted by molar-refractivity contribution is 7.11. The van der Waals surface area contributed by atoms with Crippen molar-refractivity contribution in [1.29, 1.82) is 0 Å². The van der Waals surface area contributed by atoms with Crippen molar-refractivity contribution in [2.24, 2.45) is 12.0 Å². The van der Waals surface area contributed by atoms with Gasteiger partial charge in [-0.15, -0.1) is 11.3 Å². The molecular formula is C14H22N6S. The van der Waals surface area contributed by atoms with Gasteiger partial charge in [-0.05, 0) is 20.8 Å². The molecule has 0 saturated carbocycles. The number of hydrogen-bond acceptors (Lipinski definition) is 4. The summed E-state index contributed by atoms with van der Waals surface area (Å²) in [6.45, 7) is 8.33. The molecule has 6 nitrogen and oxygen atoms in total. The van der Waals surface area contributed by atoms with Gasteiger partial charge in [0.05, 0.1) is 30.0 Å². The highest BCUT2D eigenvalue weighted by Crippen LogP contribution is 2.16. The minimum absolute atomic E-state index is 0.615. The topological polar surface area (TPSA) is 67.1 Å². The van der Waals surface area contributed by atoms with E-state index in [0.29, 0.717) is 6.54 Å². The molecule has 2 rings (SSSR count). The van der Waals surface area contributed by atoms with Crippen molar-refractivity contribution in [2.45, 2.75) is 33.9 Å². The Labute approximate surface area is 129 Å². The number of hydrogen-bond donors (Lipinski definition) is 2. The molecule has 0 amide bonds. The lowest BCUT2D eigenvalue weighted by molar-refractivity contribution is 0.766. The first-order valence-electron chi connectivity index (χ1n) is 7.01. The normalized spacial score (nSPS) is 11.7. The average molecular weight is 306 g/mol. The van der Waals surface area contributed by atoms with Gasteiger partial charge in [0, 0.05) is 30.2 Å². The molecule has 2 aromatic rings. The van der Waals surface area contributed by atoms with Gasteiger partial charge in [0.15, 0.2) is 5.96 Å². The van der Waals surface area contributed by atoms with E-state index in [1.807, 2.05) is 33.3 Å². The van der Waals surface area contributed by atoms with Crippen LogP contribution in [0.4, 0.5) is 0 Å². The Balaban J connectivity index is 1.96. The van der Waals surface area contributed by atoms with Gasteiger partial charge < -0.3 is 10.6 Å². The first-order valence-corrected chi connectivity index (χ1v) is 7.82. The molecule has 0 aromatic carbocycles. The van der Waals surface area contributed by atoms with E-state index in [-0.39, 0.29) is 0 Å². The number of aliphatic imine (C=N–C) groups is 1. The second-order valence-corrected chi connectivity index (χ2v) is 6.10. The number of nitrogens with zero attached hydrogens (tertiary/aromatic N) is 4. The number of guanidine groups is 1. The smallest absolute Gasteiger partial charge is 0.191 e. The van der Waals surface area contributed by atoms with Crippen molar-refractivity contribution < 1.29 is 0 Å². The first kappa shape index (κ1) is 15.5. The summed E-state index contributed by atoms with van der Waals surface area (Å²) in [4.78, 5) is 10.3. The lowest BCUT2D eigenvalue weighted by Gasteiger charge is -2.10. The van der Waals surface area contributed by atoms with Gasteiger partial charge in [0.2, 0.25) is 0 Å². The summed E-state index contributed by atoms with van der Waals surface area (Å²) in [5, 5.41) is 11.8. The third kappa shape index (κ3) is 4.56. The number of rotatable bonds is 5. The van der Waals surface area contributed by atoms with E-state index >= 15 is 0 Å².